The lowest BCUT2D eigenvalue weighted by atomic mass is 10.1. The Morgan fingerprint density at radius 3 is 2.37 bits per heavy atom. The molecule has 1 aliphatic heterocycles. The van der Waals surface area contributed by atoms with Crippen LogP contribution >= 0.6 is 0 Å². The topological polar surface area (TPSA) is 144 Å². The summed E-state index contributed by atoms with van der Waals surface area (Å²) in [6.07, 6.45) is -0.999. The maximum atomic E-state index is 15.3. The SMILES string of the molecule is O=C(O)N1CCN(c2ccc(-c3cc4oc(=O)n(Cc5ccc(-c6nnc(C(F)F)o6)cn5)c4cc3F)cn2)CC1. The zero-order chi connectivity index (χ0) is 28.7. The molecule has 0 unspecified atom stereocenters. The Morgan fingerprint density at radius 1 is 0.976 bits per heavy atom. The van der Waals surface area contributed by atoms with Gasteiger partial charge in [-0.1, -0.05) is 0 Å². The predicted octanol–water partition coefficient (Wildman–Crippen LogP) is 4.03. The van der Waals surface area contributed by atoms with Crippen LogP contribution < -0.4 is 10.7 Å². The molecule has 41 heavy (non-hydrogen) atoms. The van der Waals surface area contributed by atoms with Crippen molar-refractivity contribution in [1.82, 2.24) is 29.6 Å². The van der Waals surface area contributed by atoms with Crippen molar-refractivity contribution in [2.45, 2.75) is 13.0 Å². The van der Waals surface area contributed by atoms with E-state index in [0.29, 0.717) is 48.8 Å². The minimum Gasteiger partial charge on any atom is -0.465 e. The van der Waals surface area contributed by atoms with Crippen LogP contribution in [0.4, 0.5) is 23.8 Å². The van der Waals surface area contributed by atoms with Crippen LogP contribution in [-0.2, 0) is 6.54 Å². The molecule has 210 valence electrons. The molecule has 0 atom stereocenters. The summed E-state index contributed by atoms with van der Waals surface area (Å²) >= 11 is 0. The zero-order valence-electron chi connectivity index (χ0n) is 21.1. The van der Waals surface area contributed by atoms with Gasteiger partial charge < -0.3 is 23.7 Å². The maximum Gasteiger partial charge on any atom is 0.420 e. The van der Waals surface area contributed by atoms with E-state index in [4.69, 9.17) is 13.9 Å². The number of aromatic nitrogens is 5. The van der Waals surface area contributed by atoms with Gasteiger partial charge in [0.15, 0.2) is 5.58 Å². The number of piperazine rings is 1. The van der Waals surface area contributed by atoms with E-state index in [1.165, 1.54) is 40.1 Å². The monoisotopic (exact) mass is 567 g/mol. The minimum atomic E-state index is -2.89. The quantitative estimate of drug-likeness (QED) is 0.319. The number of anilines is 1. The molecule has 6 rings (SSSR count). The van der Waals surface area contributed by atoms with Crippen LogP contribution in [0.5, 0.6) is 0 Å². The number of nitrogens with zero attached hydrogens (tertiary/aromatic N) is 7. The fourth-order valence-corrected chi connectivity index (χ4v) is 4.56. The standard InChI is InChI=1S/C26H20F3N7O5/c27-18-10-19-20(9-17(18)14-2-4-21(31-11-14)34-5-7-35(8-6-34)25(37)38)40-26(39)36(19)13-16-3-1-15(12-30-16)23-32-33-24(41-23)22(28)29/h1-4,9-12,22H,5-8,13H2,(H,37,38). The average Bonchev–Trinajstić information content (AvgIpc) is 3.59. The zero-order valence-corrected chi connectivity index (χ0v) is 21.1. The molecular formula is C26H20F3N7O5. The average molecular weight is 567 g/mol. The van der Waals surface area contributed by atoms with E-state index >= 15 is 4.39 Å². The molecule has 15 heteroatoms. The first-order valence-corrected chi connectivity index (χ1v) is 12.4. The van der Waals surface area contributed by atoms with Crippen LogP contribution in [0.1, 0.15) is 18.0 Å². The van der Waals surface area contributed by atoms with Crippen molar-refractivity contribution >= 4 is 23.0 Å². The van der Waals surface area contributed by atoms with Gasteiger partial charge in [0.05, 0.1) is 23.3 Å². The van der Waals surface area contributed by atoms with E-state index in [2.05, 4.69) is 20.2 Å². The Labute approximate surface area is 228 Å². The number of pyridine rings is 2. The first-order chi connectivity index (χ1) is 19.8. The Kier molecular flexibility index (Phi) is 6.61. The summed E-state index contributed by atoms with van der Waals surface area (Å²) in [4.78, 5) is 35.7. The van der Waals surface area contributed by atoms with Crippen molar-refractivity contribution < 1.29 is 31.9 Å². The first kappa shape index (κ1) is 26.0. The summed E-state index contributed by atoms with van der Waals surface area (Å²) in [5.74, 6) is -1.58. The molecule has 12 nitrogen and oxygen atoms in total. The molecule has 1 aromatic carbocycles. The second-order valence-corrected chi connectivity index (χ2v) is 9.20. The van der Waals surface area contributed by atoms with Gasteiger partial charge in [-0.25, -0.2) is 19.0 Å². The Balaban J connectivity index is 1.21. The smallest absolute Gasteiger partial charge is 0.420 e. The van der Waals surface area contributed by atoms with Crippen LogP contribution in [-0.4, -0.2) is 67.0 Å². The van der Waals surface area contributed by atoms with Gasteiger partial charge in [0.2, 0.25) is 5.89 Å². The second-order valence-electron chi connectivity index (χ2n) is 9.20. The Hall–Kier alpha value is -5.21. The Bertz CT molecular complexity index is 1780. The van der Waals surface area contributed by atoms with Crippen molar-refractivity contribution in [3.63, 3.8) is 0 Å². The molecule has 1 N–H and O–H groups in total. The third-order valence-corrected chi connectivity index (χ3v) is 6.71. The van der Waals surface area contributed by atoms with Gasteiger partial charge in [0.25, 0.3) is 5.89 Å². The fraction of sp³-hybridized carbons (Fsp3) is 0.231. The van der Waals surface area contributed by atoms with E-state index in [1.807, 2.05) is 4.90 Å². The van der Waals surface area contributed by atoms with E-state index in [-0.39, 0.29) is 29.1 Å². The van der Waals surface area contributed by atoms with Crippen molar-refractivity contribution in [2.24, 2.45) is 0 Å². The molecule has 0 aliphatic carbocycles. The highest BCUT2D eigenvalue weighted by molar-refractivity contribution is 5.81. The second kappa shape index (κ2) is 10.4. The number of halogens is 3. The largest absolute Gasteiger partial charge is 0.465 e. The van der Waals surface area contributed by atoms with Gasteiger partial charge in [0.1, 0.15) is 11.6 Å². The van der Waals surface area contributed by atoms with Gasteiger partial charge in [-0.3, -0.25) is 9.55 Å². The van der Waals surface area contributed by atoms with Crippen LogP contribution in [0.25, 0.3) is 33.7 Å². The molecule has 0 radical (unpaired) electrons. The number of rotatable bonds is 6. The summed E-state index contributed by atoms with van der Waals surface area (Å²) < 4.78 is 52.2. The van der Waals surface area contributed by atoms with Crippen molar-refractivity contribution in [2.75, 3.05) is 31.1 Å². The van der Waals surface area contributed by atoms with E-state index in [1.54, 1.807) is 18.2 Å². The third kappa shape index (κ3) is 5.08. The summed E-state index contributed by atoms with van der Waals surface area (Å²) in [6.45, 7) is 1.67. The number of fused-ring (bicyclic) bond motifs is 1. The molecule has 1 fully saturated rings. The number of amides is 1. The first-order valence-electron chi connectivity index (χ1n) is 12.4. The van der Waals surface area contributed by atoms with E-state index in [0.717, 1.165) is 0 Å². The molecule has 5 heterocycles. The summed E-state index contributed by atoms with van der Waals surface area (Å²) in [5.41, 5.74) is 1.79. The molecule has 0 saturated carbocycles. The molecule has 1 amide bonds. The lowest BCUT2D eigenvalue weighted by Gasteiger charge is -2.33. The summed E-state index contributed by atoms with van der Waals surface area (Å²) in [5, 5.41) is 16.0. The summed E-state index contributed by atoms with van der Waals surface area (Å²) in [6, 6.07) is 9.14. The number of benzene rings is 1. The molecule has 0 bridgehead atoms. The number of hydrogen-bond acceptors (Lipinski definition) is 9. The van der Waals surface area contributed by atoms with Crippen molar-refractivity contribution in [1.29, 1.82) is 0 Å². The molecule has 1 saturated heterocycles. The van der Waals surface area contributed by atoms with Crippen LogP contribution in [0.2, 0.25) is 0 Å². The minimum absolute atomic E-state index is 0.0393. The van der Waals surface area contributed by atoms with Crippen molar-refractivity contribution in [3.8, 4) is 22.6 Å². The van der Waals surface area contributed by atoms with Crippen LogP contribution in [0, 0.1) is 5.82 Å². The lowest BCUT2D eigenvalue weighted by Crippen LogP contribution is -2.48. The molecule has 4 aromatic heterocycles. The number of oxazole rings is 1. The fourth-order valence-electron chi connectivity index (χ4n) is 4.56. The maximum absolute atomic E-state index is 15.3. The van der Waals surface area contributed by atoms with Gasteiger partial charge >= 0.3 is 18.3 Å². The third-order valence-electron chi connectivity index (χ3n) is 6.71. The van der Waals surface area contributed by atoms with Gasteiger partial charge in [-0.15, -0.1) is 10.2 Å². The highest BCUT2D eigenvalue weighted by Gasteiger charge is 2.22. The number of carboxylic acid groups (broad SMARTS) is 1. The molecule has 5 aromatic rings. The van der Waals surface area contributed by atoms with Gasteiger partial charge in [-0.05, 0) is 30.3 Å². The lowest BCUT2D eigenvalue weighted by molar-refractivity contribution is 0.116. The Morgan fingerprint density at radius 2 is 1.73 bits per heavy atom. The predicted molar refractivity (Wildman–Crippen MR) is 137 cm³/mol. The number of carbonyl (C=O) groups is 1. The van der Waals surface area contributed by atoms with E-state index < -0.39 is 30.0 Å². The number of hydrogen-bond donors (Lipinski definition) is 1. The van der Waals surface area contributed by atoms with E-state index in [9.17, 15) is 18.4 Å². The molecular weight excluding hydrogens is 547 g/mol. The number of alkyl halides is 2. The van der Waals surface area contributed by atoms with Gasteiger partial charge in [0, 0.05) is 55.8 Å². The molecule has 0 spiro atoms. The van der Waals surface area contributed by atoms with Crippen LogP contribution in [0.15, 0.2) is 62.4 Å². The summed E-state index contributed by atoms with van der Waals surface area (Å²) in [7, 11) is 0. The molecule has 1 aliphatic rings. The van der Waals surface area contributed by atoms with Crippen LogP contribution in [0.3, 0.4) is 0 Å². The highest BCUT2D eigenvalue weighted by Crippen LogP contribution is 2.29. The van der Waals surface area contributed by atoms with Gasteiger partial charge in [-0.2, -0.15) is 8.78 Å². The van der Waals surface area contributed by atoms with Crippen molar-refractivity contribution in [3.05, 3.63) is 76.7 Å². The highest BCUT2D eigenvalue weighted by atomic mass is 19.3. The normalized spacial score (nSPS) is 13.9.